The van der Waals surface area contributed by atoms with E-state index in [1.54, 1.807) is 0 Å². The molecule has 1 aromatic carbocycles. The van der Waals surface area contributed by atoms with Crippen LogP contribution < -0.4 is 10.9 Å². The average molecular weight is 313 g/mol. The minimum Gasteiger partial charge on any atom is -0.391 e. The van der Waals surface area contributed by atoms with Gasteiger partial charge in [0.05, 0.1) is 12.1 Å². The van der Waals surface area contributed by atoms with Gasteiger partial charge in [-0.1, -0.05) is 43.2 Å². The lowest BCUT2D eigenvalue weighted by Gasteiger charge is -2.28. The van der Waals surface area contributed by atoms with Gasteiger partial charge in [-0.3, -0.25) is 9.59 Å². The summed E-state index contributed by atoms with van der Waals surface area (Å²) >= 11 is 0. The van der Waals surface area contributed by atoms with Crippen LogP contribution in [-0.4, -0.2) is 33.1 Å². The first kappa shape index (κ1) is 15.4. The molecule has 0 bridgehead atoms. The number of carbonyl (C=O) groups is 1. The van der Waals surface area contributed by atoms with Crippen molar-refractivity contribution < 1.29 is 9.90 Å². The standard InChI is InChI=1S/C17H19N3O3/c21-14-9-5-4-8-13(14)19-16(22)12-10-18-15(20-17(12)23)11-6-2-1-3-7-11/h1-3,6-7,10,13-14,21H,4-5,8-9H2,(H,19,22)(H,18,20,23)/t13-,14-/m1/s1. The third-order valence-electron chi connectivity index (χ3n) is 4.14. The Morgan fingerprint density at radius 3 is 2.65 bits per heavy atom. The molecule has 1 aromatic heterocycles. The molecule has 3 rings (SSSR count). The summed E-state index contributed by atoms with van der Waals surface area (Å²) in [6, 6.07) is 8.93. The fourth-order valence-electron chi connectivity index (χ4n) is 2.83. The van der Waals surface area contributed by atoms with Gasteiger partial charge in [0.1, 0.15) is 11.4 Å². The molecule has 0 aliphatic heterocycles. The number of aromatic amines is 1. The molecular formula is C17H19N3O3. The van der Waals surface area contributed by atoms with Gasteiger partial charge in [0.15, 0.2) is 0 Å². The molecule has 1 aliphatic rings. The molecule has 0 radical (unpaired) electrons. The number of rotatable bonds is 3. The largest absolute Gasteiger partial charge is 0.391 e. The Labute approximate surface area is 133 Å². The minimum atomic E-state index is -0.552. The van der Waals surface area contributed by atoms with Crippen molar-refractivity contribution in [2.24, 2.45) is 0 Å². The van der Waals surface area contributed by atoms with Crippen LogP contribution in [-0.2, 0) is 0 Å². The van der Waals surface area contributed by atoms with E-state index in [0.717, 1.165) is 24.8 Å². The lowest BCUT2D eigenvalue weighted by atomic mass is 9.92. The molecule has 1 heterocycles. The molecule has 6 heteroatoms. The van der Waals surface area contributed by atoms with Crippen LogP contribution in [0.15, 0.2) is 41.3 Å². The third kappa shape index (κ3) is 3.48. The molecule has 0 spiro atoms. The molecule has 3 N–H and O–H groups in total. The normalized spacial score (nSPS) is 20.9. The van der Waals surface area contributed by atoms with Gasteiger partial charge in [-0.2, -0.15) is 0 Å². The van der Waals surface area contributed by atoms with E-state index in [0.29, 0.717) is 12.2 Å². The summed E-state index contributed by atoms with van der Waals surface area (Å²) in [4.78, 5) is 31.2. The van der Waals surface area contributed by atoms with E-state index in [1.807, 2.05) is 30.3 Å². The first-order chi connectivity index (χ1) is 11.1. The molecule has 1 saturated carbocycles. The minimum absolute atomic E-state index is 0.0394. The van der Waals surface area contributed by atoms with Crippen molar-refractivity contribution in [3.05, 3.63) is 52.4 Å². The topological polar surface area (TPSA) is 95.1 Å². The number of amides is 1. The predicted molar refractivity (Wildman–Crippen MR) is 86.0 cm³/mol. The van der Waals surface area contributed by atoms with Crippen molar-refractivity contribution >= 4 is 5.91 Å². The highest BCUT2D eigenvalue weighted by molar-refractivity contribution is 5.93. The second kappa shape index (κ2) is 6.75. The maximum absolute atomic E-state index is 12.2. The first-order valence-corrected chi connectivity index (χ1v) is 7.79. The van der Waals surface area contributed by atoms with Gasteiger partial charge in [0.2, 0.25) is 0 Å². The van der Waals surface area contributed by atoms with Crippen molar-refractivity contribution in [1.29, 1.82) is 0 Å². The van der Waals surface area contributed by atoms with Crippen LogP contribution >= 0.6 is 0 Å². The molecule has 1 aliphatic carbocycles. The zero-order chi connectivity index (χ0) is 16.2. The van der Waals surface area contributed by atoms with Crippen LogP contribution in [0.5, 0.6) is 0 Å². The monoisotopic (exact) mass is 313 g/mol. The van der Waals surface area contributed by atoms with E-state index in [1.165, 1.54) is 6.20 Å². The third-order valence-corrected chi connectivity index (χ3v) is 4.14. The van der Waals surface area contributed by atoms with Crippen LogP contribution in [0.2, 0.25) is 0 Å². The summed E-state index contributed by atoms with van der Waals surface area (Å²) in [7, 11) is 0. The number of aliphatic hydroxyl groups is 1. The van der Waals surface area contributed by atoms with E-state index in [9.17, 15) is 14.7 Å². The highest BCUT2D eigenvalue weighted by Gasteiger charge is 2.25. The number of nitrogens with zero attached hydrogens (tertiary/aromatic N) is 1. The molecule has 1 amide bonds. The lowest BCUT2D eigenvalue weighted by molar-refractivity contribution is 0.0716. The average Bonchev–Trinajstić information content (AvgIpc) is 2.57. The SMILES string of the molecule is O=C(N[C@@H]1CCCC[C@H]1O)c1cnc(-c2ccccc2)[nH]c1=O. The number of benzene rings is 1. The van der Waals surface area contributed by atoms with Crippen molar-refractivity contribution in [1.82, 2.24) is 15.3 Å². The Morgan fingerprint density at radius 2 is 1.96 bits per heavy atom. The molecule has 0 saturated heterocycles. The number of hydrogen-bond donors (Lipinski definition) is 3. The van der Waals surface area contributed by atoms with Gasteiger partial charge >= 0.3 is 0 Å². The summed E-state index contributed by atoms with van der Waals surface area (Å²) in [5, 5.41) is 12.6. The Balaban J connectivity index is 1.78. The summed E-state index contributed by atoms with van der Waals surface area (Å²) < 4.78 is 0. The number of carbonyl (C=O) groups excluding carboxylic acids is 1. The smallest absolute Gasteiger partial charge is 0.264 e. The fraction of sp³-hybridized carbons (Fsp3) is 0.353. The molecule has 23 heavy (non-hydrogen) atoms. The van der Waals surface area contributed by atoms with Crippen LogP contribution in [0.25, 0.3) is 11.4 Å². The van der Waals surface area contributed by atoms with Gasteiger partial charge in [-0.05, 0) is 12.8 Å². The van der Waals surface area contributed by atoms with Crippen LogP contribution in [0.4, 0.5) is 0 Å². The molecule has 6 nitrogen and oxygen atoms in total. The number of hydrogen-bond acceptors (Lipinski definition) is 4. The second-order valence-electron chi connectivity index (χ2n) is 5.77. The lowest BCUT2D eigenvalue weighted by Crippen LogP contribution is -2.46. The van der Waals surface area contributed by atoms with Gasteiger partial charge in [-0.15, -0.1) is 0 Å². The van der Waals surface area contributed by atoms with E-state index in [2.05, 4.69) is 15.3 Å². The molecule has 120 valence electrons. The van der Waals surface area contributed by atoms with E-state index in [-0.39, 0.29) is 11.6 Å². The second-order valence-corrected chi connectivity index (χ2v) is 5.77. The Morgan fingerprint density at radius 1 is 1.22 bits per heavy atom. The maximum Gasteiger partial charge on any atom is 0.264 e. The van der Waals surface area contributed by atoms with Crippen molar-refractivity contribution in [2.45, 2.75) is 37.8 Å². The van der Waals surface area contributed by atoms with Crippen molar-refractivity contribution in [3.8, 4) is 11.4 Å². The summed E-state index contributed by atoms with van der Waals surface area (Å²) in [5.74, 6) is -0.0748. The molecule has 1 fully saturated rings. The molecular weight excluding hydrogens is 294 g/mol. The number of nitrogens with one attached hydrogen (secondary N) is 2. The van der Waals surface area contributed by atoms with E-state index >= 15 is 0 Å². The van der Waals surface area contributed by atoms with Crippen LogP contribution in [0.1, 0.15) is 36.0 Å². The highest BCUT2D eigenvalue weighted by Crippen LogP contribution is 2.18. The highest BCUT2D eigenvalue weighted by atomic mass is 16.3. The zero-order valence-electron chi connectivity index (χ0n) is 12.7. The zero-order valence-corrected chi connectivity index (χ0v) is 12.7. The molecule has 0 unspecified atom stereocenters. The number of aromatic nitrogens is 2. The maximum atomic E-state index is 12.2. The Kier molecular flexibility index (Phi) is 4.52. The Bertz CT molecular complexity index is 742. The molecule has 2 atom stereocenters. The van der Waals surface area contributed by atoms with Gasteiger partial charge < -0.3 is 15.4 Å². The van der Waals surface area contributed by atoms with Crippen LogP contribution in [0, 0.1) is 0 Å². The predicted octanol–water partition coefficient (Wildman–Crippen LogP) is 1.47. The van der Waals surface area contributed by atoms with Crippen molar-refractivity contribution in [3.63, 3.8) is 0 Å². The Hall–Kier alpha value is -2.47. The van der Waals surface area contributed by atoms with Crippen LogP contribution in [0.3, 0.4) is 0 Å². The summed E-state index contributed by atoms with van der Waals surface area (Å²) in [5.41, 5.74) is 0.253. The summed E-state index contributed by atoms with van der Waals surface area (Å²) in [6.07, 6.45) is 4.05. The van der Waals surface area contributed by atoms with Gasteiger partial charge in [0, 0.05) is 11.8 Å². The van der Waals surface area contributed by atoms with E-state index in [4.69, 9.17) is 0 Å². The summed E-state index contributed by atoms with van der Waals surface area (Å²) in [6.45, 7) is 0. The number of aliphatic hydroxyl groups excluding tert-OH is 1. The fourth-order valence-corrected chi connectivity index (χ4v) is 2.83. The van der Waals surface area contributed by atoms with Gasteiger partial charge in [0.25, 0.3) is 11.5 Å². The number of H-pyrrole nitrogens is 1. The van der Waals surface area contributed by atoms with Gasteiger partial charge in [-0.25, -0.2) is 4.98 Å². The first-order valence-electron chi connectivity index (χ1n) is 7.79. The van der Waals surface area contributed by atoms with E-state index < -0.39 is 17.6 Å². The quantitative estimate of drug-likeness (QED) is 0.799. The molecule has 2 aromatic rings. The van der Waals surface area contributed by atoms with Crippen molar-refractivity contribution in [2.75, 3.05) is 0 Å².